The van der Waals surface area contributed by atoms with E-state index in [1.54, 1.807) is 30.3 Å². The fourth-order valence-electron chi connectivity index (χ4n) is 3.79. The van der Waals surface area contributed by atoms with Crippen molar-refractivity contribution < 1.29 is 18.0 Å². The van der Waals surface area contributed by atoms with Crippen LogP contribution in [0.2, 0.25) is 0 Å². The number of rotatable bonds is 4. The minimum atomic E-state index is -3.81. The summed E-state index contributed by atoms with van der Waals surface area (Å²) < 4.78 is 28.2. The van der Waals surface area contributed by atoms with Crippen molar-refractivity contribution in [2.45, 2.75) is 42.9 Å². The molecule has 8 nitrogen and oxygen atoms in total. The average Bonchev–Trinajstić information content (AvgIpc) is 3.01. The molecule has 2 aromatic carbocycles. The first kappa shape index (κ1) is 21.0. The van der Waals surface area contributed by atoms with Crippen LogP contribution < -0.4 is 15.4 Å². The van der Waals surface area contributed by atoms with E-state index in [0.29, 0.717) is 30.2 Å². The Labute approximate surface area is 181 Å². The summed E-state index contributed by atoms with van der Waals surface area (Å²) in [6, 6.07) is 13.2. The van der Waals surface area contributed by atoms with Crippen LogP contribution >= 0.6 is 0 Å². The lowest BCUT2D eigenvalue weighted by molar-refractivity contribution is -0.123. The summed E-state index contributed by atoms with van der Waals surface area (Å²) in [5, 5.41) is 5.52. The fraction of sp³-hybridized carbons (Fsp3) is 0.318. The minimum absolute atomic E-state index is 0.0300. The molecule has 9 heteroatoms. The number of para-hydroxylation sites is 1. The van der Waals surface area contributed by atoms with Gasteiger partial charge in [-0.1, -0.05) is 30.7 Å². The van der Waals surface area contributed by atoms with Crippen molar-refractivity contribution in [2.75, 3.05) is 17.2 Å². The van der Waals surface area contributed by atoms with Crippen molar-refractivity contribution in [3.05, 3.63) is 54.1 Å². The van der Waals surface area contributed by atoms with Crippen LogP contribution in [0.3, 0.4) is 0 Å². The standard InChI is InChI=1S/C22H24N4O4S/c27-21-14-18(17-9-3-4-10-19(17)25-21)22(28)24-15-7-6-8-16(13-15)31(29,30)26-20-11-2-1-5-12-23-20/h3-4,6-10,13,18H,1-2,5,11-12,14H2,(H,23,26)(H,24,28)(H,25,27). The van der Waals surface area contributed by atoms with E-state index in [-0.39, 0.29) is 23.1 Å². The van der Waals surface area contributed by atoms with Crippen LogP contribution in [0.5, 0.6) is 0 Å². The number of carbonyl (C=O) groups is 2. The molecule has 0 saturated carbocycles. The molecule has 31 heavy (non-hydrogen) atoms. The Morgan fingerprint density at radius 1 is 1.06 bits per heavy atom. The summed E-state index contributed by atoms with van der Waals surface area (Å²) in [7, 11) is -3.81. The van der Waals surface area contributed by atoms with Gasteiger partial charge in [0.25, 0.3) is 10.0 Å². The first-order valence-corrected chi connectivity index (χ1v) is 11.8. The highest BCUT2D eigenvalue weighted by atomic mass is 32.2. The van der Waals surface area contributed by atoms with Gasteiger partial charge in [-0.15, -0.1) is 0 Å². The third-order valence-corrected chi connectivity index (χ3v) is 6.73. The lowest BCUT2D eigenvalue weighted by Crippen LogP contribution is -2.31. The van der Waals surface area contributed by atoms with E-state index in [9.17, 15) is 18.0 Å². The van der Waals surface area contributed by atoms with E-state index in [1.807, 2.05) is 6.07 Å². The van der Waals surface area contributed by atoms with Crippen LogP contribution in [-0.2, 0) is 19.6 Å². The maximum Gasteiger partial charge on any atom is 0.262 e. The number of nitrogens with zero attached hydrogens (tertiary/aromatic N) is 1. The topological polar surface area (TPSA) is 117 Å². The second-order valence-electron chi connectivity index (χ2n) is 7.65. The maximum atomic E-state index is 12.9. The smallest absolute Gasteiger partial charge is 0.262 e. The summed E-state index contributed by atoms with van der Waals surface area (Å²) in [6.07, 6.45) is 3.50. The van der Waals surface area contributed by atoms with Gasteiger partial charge >= 0.3 is 0 Å². The van der Waals surface area contributed by atoms with Gasteiger partial charge in [-0.2, -0.15) is 0 Å². The lowest BCUT2D eigenvalue weighted by Gasteiger charge is -2.24. The number of hydrogen-bond donors (Lipinski definition) is 3. The van der Waals surface area contributed by atoms with Crippen molar-refractivity contribution in [3.8, 4) is 0 Å². The van der Waals surface area contributed by atoms with Gasteiger partial charge in [0.05, 0.1) is 10.8 Å². The predicted octanol–water partition coefficient (Wildman–Crippen LogP) is 3.00. The van der Waals surface area contributed by atoms with Crippen LogP contribution in [0.4, 0.5) is 11.4 Å². The molecule has 1 atom stereocenters. The van der Waals surface area contributed by atoms with Crippen molar-refractivity contribution in [1.82, 2.24) is 4.72 Å². The summed E-state index contributed by atoms with van der Waals surface area (Å²) in [4.78, 5) is 29.3. The Hall–Kier alpha value is -3.20. The van der Waals surface area contributed by atoms with E-state index in [2.05, 4.69) is 20.3 Å². The van der Waals surface area contributed by atoms with Gasteiger partial charge in [0.1, 0.15) is 5.84 Å². The van der Waals surface area contributed by atoms with E-state index in [0.717, 1.165) is 24.8 Å². The molecule has 2 aliphatic heterocycles. The molecule has 0 bridgehead atoms. The number of aliphatic imine (C=N–C) groups is 1. The van der Waals surface area contributed by atoms with Gasteiger partial charge in [-0.3, -0.25) is 19.3 Å². The number of carbonyl (C=O) groups excluding carboxylic acids is 2. The molecule has 2 heterocycles. The SMILES string of the molecule is O=C1CC(C(=O)Nc2cccc(S(=O)(=O)NC3=NCCCCC3)c2)c2ccccc2N1. The minimum Gasteiger partial charge on any atom is -0.326 e. The highest BCUT2D eigenvalue weighted by molar-refractivity contribution is 7.90. The van der Waals surface area contributed by atoms with Crippen molar-refractivity contribution in [2.24, 2.45) is 4.99 Å². The molecule has 2 amide bonds. The Bertz CT molecular complexity index is 1140. The molecular formula is C22H24N4O4S. The summed E-state index contributed by atoms with van der Waals surface area (Å²) in [5.74, 6) is -0.776. The van der Waals surface area contributed by atoms with Crippen LogP contribution in [0, 0.1) is 0 Å². The van der Waals surface area contributed by atoms with Crippen molar-refractivity contribution in [1.29, 1.82) is 0 Å². The highest BCUT2D eigenvalue weighted by Gasteiger charge is 2.30. The lowest BCUT2D eigenvalue weighted by atomic mass is 9.90. The number of hydrogen-bond acceptors (Lipinski definition) is 5. The molecular weight excluding hydrogens is 416 g/mol. The number of nitrogens with one attached hydrogen (secondary N) is 3. The average molecular weight is 441 g/mol. The van der Waals surface area contributed by atoms with Crippen LogP contribution in [-0.4, -0.2) is 32.6 Å². The first-order valence-electron chi connectivity index (χ1n) is 10.3. The summed E-state index contributed by atoms with van der Waals surface area (Å²) in [6.45, 7) is 0.615. The maximum absolute atomic E-state index is 12.9. The summed E-state index contributed by atoms with van der Waals surface area (Å²) in [5.41, 5.74) is 1.69. The molecule has 2 aromatic rings. The van der Waals surface area contributed by atoms with Gasteiger partial charge in [0, 0.05) is 30.8 Å². The fourth-order valence-corrected chi connectivity index (χ4v) is 4.92. The Balaban J connectivity index is 1.52. The molecule has 162 valence electrons. The number of sulfonamides is 1. The summed E-state index contributed by atoms with van der Waals surface area (Å²) >= 11 is 0. The largest absolute Gasteiger partial charge is 0.326 e. The monoisotopic (exact) mass is 440 g/mol. The van der Waals surface area contributed by atoms with Crippen LogP contribution in [0.15, 0.2) is 58.4 Å². The number of amidine groups is 1. The normalized spacial score (nSPS) is 18.8. The third kappa shape index (κ3) is 4.93. The van der Waals surface area contributed by atoms with Gasteiger partial charge in [0.2, 0.25) is 11.8 Å². The number of anilines is 2. The Morgan fingerprint density at radius 2 is 1.90 bits per heavy atom. The predicted molar refractivity (Wildman–Crippen MR) is 119 cm³/mol. The second kappa shape index (κ2) is 8.89. The molecule has 1 unspecified atom stereocenters. The zero-order valence-electron chi connectivity index (χ0n) is 16.9. The van der Waals surface area contributed by atoms with E-state index in [1.165, 1.54) is 12.1 Å². The number of fused-ring (bicyclic) bond motifs is 1. The van der Waals surface area contributed by atoms with E-state index >= 15 is 0 Å². The number of benzene rings is 2. The molecule has 3 N–H and O–H groups in total. The molecule has 0 aliphatic carbocycles. The zero-order valence-corrected chi connectivity index (χ0v) is 17.7. The van der Waals surface area contributed by atoms with Crippen LogP contribution in [0.25, 0.3) is 0 Å². The van der Waals surface area contributed by atoms with Crippen molar-refractivity contribution in [3.63, 3.8) is 0 Å². The van der Waals surface area contributed by atoms with E-state index in [4.69, 9.17) is 0 Å². The molecule has 0 fully saturated rings. The molecule has 0 saturated heterocycles. The van der Waals surface area contributed by atoms with Gasteiger partial charge in [-0.25, -0.2) is 8.42 Å². The van der Waals surface area contributed by atoms with Gasteiger partial charge in [-0.05, 0) is 42.7 Å². The zero-order chi connectivity index (χ0) is 21.8. The van der Waals surface area contributed by atoms with Gasteiger partial charge in [0.15, 0.2) is 0 Å². The Morgan fingerprint density at radius 3 is 2.77 bits per heavy atom. The first-order chi connectivity index (χ1) is 14.9. The number of amides is 2. The molecule has 0 radical (unpaired) electrons. The third-order valence-electron chi connectivity index (χ3n) is 5.35. The molecule has 2 aliphatic rings. The van der Waals surface area contributed by atoms with Gasteiger partial charge < -0.3 is 10.6 Å². The van der Waals surface area contributed by atoms with Crippen molar-refractivity contribution >= 4 is 39.0 Å². The Kier molecular flexibility index (Phi) is 6.03. The molecule has 4 rings (SSSR count). The second-order valence-corrected chi connectivity index (χ2v) is 9.34. The molecule has 0 spiro atoms. The van der Waals surface area contributed by atoms with E-state index < -0.39 is 15.9 Å². The molecule has 0 aromatic heterocycles. The van der Waals surface area contributed by atoms with Crippen LogP contribution in [0.1, 0.15) is 43.6 Å². The highest BCUT2D eigenvalue weighted by Crippen LogP contribution is 2.33. The quantitative estimate of drug-likeness (QED) is 0.677.